The monoisotopic (exact) mass is 693 g/mol. The number of fused-ring (bicyclic) bond motifs is 6. The SMILES string of the molecule is C[Si]1(C)c2cccc(-c3nc(-c4ccc(-c5cccc6ccccc56)cc4)nc(-c4ccccc4-c4ccccc4)n3)c2-c2c1ccc1ccccc21. The molecule has 250 valence electrons. The van der Waals surface area contributed by atoms with Crippen LogP contribution in [0.15, 0.2) is 176 Å². The maximum absolute atomic E-state index is 5.36. The van der Waals surface area contributed by atoms with Gasteiger partial charge >= 0.3 is 0 Å². The van der Waals surface area contributed by atoms with Gasteiger partial charge in [0.15, 0.2) is 17.5 Å². The van der Waals surface area contributed by atoms with Crippen molar-refractivity contribution < 1.29 is 0 Å². The van der Waals surface area contributed by atoms with Crippen LogP contribution >= 0.6 is 0 Å². The average molecular weight is 694 g/mol. The van der Waals surface area contributed by atoms with Crippen molar-refractivity contribution >= 4 is 40.0 Å². The second kappa shape index (κ2) is 12.3. The van der Waals surface area contributed by atoms with Gasteiger partial charge in [0.05, 0.1) is 0 Å². The van der Waals surface area contributed by atoms with Crippen molar-refractivity contribution in [1.82, 2.24) is 15.0 Å². The van der Waals surface area contributed by atoms with E-state index in [0.29, 0.717) is 17.5 Å². The molecule has 1 aromatic heterocycles. The first kappa shape index (κ1) is 31.3. The third-order valence-corrected chi connectivity index (χ3v) is 14.5. The molecule has 2 heterocycles. The maximum Gasteiger partial charge on any atom is 0.164 e. The highest BCUT2D eigenvalue weighted by molar-refractivity contribution is 7.04. The van der Waals surface area contributed by atoms with Gasteiger partial charge in [-0.1, -0.05) is 189 Å². The van der Waals surface area contributed by atoms with E-state index in [4.69, 9.17) is 15.0 Å². The van der Waals surface area contributed by atoms with Gasteiger partial charge in [-0.05, 0) is 65.3 Å². The molecule has 8 aromatic carbocycles. The highest BCUT2D eigenvalue weighted by Gasteiger charge is 2.40. The quantitative estimate of drug-likeness (QED) is 0.168. The fourth-order valence-corrected chi connectivity index (χ4v) is 11.4. The topological polar surface area (TPSA) is 38.7 Å². The highest BCUT2D eigenvalue weighted by Crippen LogP contribution is 2.41. The molecule has 0 aliphatic carbocycles. The zero-order valence-corrected chi connectivity index (χ0v) is 30.6. The Bertz CT molecular complexity index is 2850. The maximum atomic E-state index is 5.36. The summed E-state index contributed by atoms with van der Waals surface area (Å²) in [6.07, 6.45) is 0. The summed E-state index contributed by atoms with van der Waals surface area (Å²) in [5.74, 6) is 2.00. The van der Waals surface area contributed by atoms with Gasteiger partial charge in [-0.15, -0.1) is 0 Å². The standard InChI is InChI=1S/C49H35N3Si/c1-53(2)43-25-13-24-42(46(43)45-40-21-9-7-17-34(40)30-31-44(45)53)49-51-47(50-48(52-49)41-22-11-10-20-39(41)32-14-4-3-5-15-32)36-28-26-35(27-29-36)38-23-12-18-33-16-6-8-19-37(33)38/h3-31H,1-2H3. The molecule has 0 bridgehead atoms. The summed E-state index contributed by atoms with van der Waals surface area (Å²) in [5.41, 5.74) is 10.2. The molecule has 0 saturated heterocycles. The van der Waals surface area contributed by atoms with Crippen molar-refractivity contribution in [2.75, 3.05) is 0 Å². The average Bonchev–Trinajstić information content (AvgIpc) is 3.47. The van der Waals surface area contributed by atoms with Crippen molar-refractivity contribution in [2.45, 2.75) is 13.1 Å². The van der Waals surface area contributed by atoms with Gasteiger partial charge in [-0.25, -0.2) is 15.0 Å². The molecule has 0 unspecified atom stereocenters. The molecule has 1 aliphatic rings. The summed E-state index contributed by atoms with van der Waals surface area (Å²) in [5, 5.41) is 7.89. The summed E-state index contributed by atoms with van der Waals surface area (Å²) >= 11 is 0. The molecule has 0 radical (unpaired) electrons. The molecular formula is C49H35N3Si. The van der Waals surface area contributed by atoms with Crippen molar-refractivity contribution in [3.05, 3.63) is 176 Å². The summed E-state index contributed by atoms with van der Waals surface area (Å²) in [6.45, 7) is 4.93. The Morgan fingerprint density at radius 1 is 0.321 bits per heavy atom. The number of benzene rings is 8. The first-order chi connectivity index (χ1) is 26.0. The first-order valence-corrected chi connectivity index (χ1v) is 21.2. The van der Waals surface area contributed by atoms with Crippen molar-refractivity contribution in [2.24, 2.45) is 0 Å². The minimum absolute atomic E-state index is 0.655. The zero-order chi connectivity index (χ0) is 35.5. The summed E-state index contributed by atoms with van der Waals surface area (Å²) in [7, 11) is -2.00. The van der Waals surface area contributed by atoms with E-state index >= 15 is 0 Å². The van der Waals surface area contributed by atoms with E-state index in [1.165, 1.54) is 48.6 Å². The molecule has 0 atom stereocenters. The molecule has 0 N–H and O–H groups in total. The Morgan fingerprint density at radius 3 is 1.62 bits per heavy atom. The second-order valence-electron chi connectivity index (χ2n) is 14.4. The second-order valence-corrected chi connectivity index (χ2v) is 18.7. The van der Waals surface area contributed by atoms with Crippen LogP contribution < -0.4 is 10.4 Å². The first-order valence-electron chi connectivity index (χ1n) is 18.2. The lowest BCUT2D eigenvalue weighted by atomic mass is 9.94. The zero-order valence-electron chi connectivity index (χ0n) is 29.6. The third kappa shape index (κ3) is 5.14. The number of aromatic nitrogens is 3. The van der Waals surface area contributed by atoms with Crippen LogP contribution in [0.3, 0.4) is 0 Å². The van der Waals surface area contributed by atoms with Gasteiger partial charge < -0.3 is 0 Å². The van der Waals surface area contributed by atoms with Crippen molar-refractivity contribution in [3.8, 4) is 67.5 Å². The van der Waals surface area contributed by atoms with Crippen LogP contribution in [0, 0.1) is 0 Å². The fourth-order valence-electron chi connectivity index (χ4n) is 8.31. The Labute approximate surface area is 310 Å². The van der Waals surface area contributed by atoms with Gasteiger partial charge in [-0.2, -0.15) is 0 Å². The predicted molar refractivity (Wildman–Crippen MR) is 224 cm³/mol. The van der Waals surface area contributed by atoms with E-state index in [1.807, 2.05) is 0 Å². The van der Waals surface area contributed by atoms with Crippen LogP contribution in [-0.4, -0.2) is 23.0 Å². The largest absolute Gasteiger partial charge is 0.208 e. The van der Waals surface area contributed by atoms with Crippen LogP contribution in [0.25, 0.3) is 89.1 Å². The molecule has 4 heteroatoms. The van der Waals surface area contributed by atoms with Gasteiger partial charge in [0.25, 0.3) is 0 Å². The van der Waals surface area contributed by atoms with Gasteiger partial charge in [0, 0.05) is 16.7 Å². The molecule has 53 heavy (non-hydrogen) atoms. The van der Waals surface area contributed by atoms with E-state index in [1.54, 1.807) is 0 Å². The van der Waals surface area contributed by atoms with E-state index < -0.39 is 8.07 Å². The Hall–Kier alpha value is -6.49. The Balaban J connectivity index is 1.20. The van der Waals surface area contributed by atoms with E-state index in [-0.39, 0.29) is 0 Å². The minimum atomic E-state index is -2.00. The van der Waals surface area contributed by atoms with E-state index in [0.717, 1.165) is 33.4 Å². The lowest BCUT2D eigenvalue weighted by Crippen LogP contribution is -2.49. The number of hydrogen-bond acceptors (Lipinski definition) is 3. The van der Waals surface area contributed by atoms with Crippen LogP contribution in [0.2, 0.25) is 13.1 Å². The molecule has 0 amide bonds. The normalized spacial score (nSPS) is 12.9. The molecule has 10 rings (SSSR count). The third-order valence-electron chi connectivity index (χ3n) is 11.0. The molecular weight excluding hydrogens is 659 g/mol. The van der Waals surface area contributed by atoms with Gasteiger partial charge in [0.2, 0.25) is 0 Å². The smallest absolute Gasteiger partial charge is 0.164 e. The van der Waals surface area contributed by atoms with E-state index in [9.17, 15) is 0 Å². The van der Waals surface area contributed by atoms with E-state index in [2.05, 4.69) is 189 Å². The van der Waals surface area contributed by atoms with Crippen LogP contribution in [0.4, 0.5) is 0 Å². The molecule has 0 saturated carbocycles. The lowest BCUT2D eigenvalue weighted by molar-refractivity contribution is 1.08. The van der Waals surface area contributed by atoms with Crippen molar-refractivity contribution in [1.29, 1.82) is 0 Å². The molecule has 0 spiro atoms. The minimum Gasteiger partial charge on any atom is -0.208 e. The van der Waals surface area contributed by atoms with Crippen LogP contribution in [0.1, 0.15) is 0 Å². The summed E-state index contributed by atoms with van der Waals surface area (Å²) < 4.78 is 0. The number of hydrogen-bond donors (Lipinski definition) is 0. The number of nitrogens with zero attached hydrogens (tertiary/aromatic N) is 3. The van der Waals surface area contributed by atoms with Gasteiger partial charge in [-0.3, -0.25) is 0 Å². The lowest BCUT2D eigenvalue weighted by Gasteiger charge is -2.19. The van der Waals surface area contributed by atoms with Crippen LogP contribution in [-0.2, 0) is 0 Å². The molecule has 9 aromatic rings. The summed E-state index contributed by atoms with van der Waals surface area (Å²) in [6, 6.07) is 62.8. The highest BCUT2D eigenvalue weighted by atomic mass is 28.3. The van der Waals surface area contributed by atoms with Crippen molar-refractivity contribution in [3.63, 3.8) is 0 Å². The molecule has 1 aliphatic heterocycles. The Kier molecular flexibility index (Phi) is 7.27. The van der Waals surface area contributed by atoms with Crippen LogP contribution in [0.5, 0.6) is 0 Å². The fraction of sp³-hybridized carbons (Fsp3) is 0.0408. The Morgan fingerprint density at radius 2 is 0.830 bits per heavy atom. The molecule has 3 nitrogen and oxygen atoms in total. The molecule has 0 fully saturated rings. The van der Waals surface area contributed by atoms with Gasteiger partial charge in [0.1, 0.15) is 8.07 Å². The summed E-state index contributed by atoms with van der Waals surface area (Å²) in [4.78, 5) is 15.9. The predicted octanol–water partition coefficient (Wildman–Crippen LogP) is 11.3. The number of rotatable bonds is 5.